The van der Waals surface area contributed by atoms with Gasteiger partial charge in [0.2, 0.25) is 0 Å². The van der Waals surface area contributed by atoms with E-state index in [0.29, 0.717) is 0 Å². The molecule has 0 aromatic heterocycles. The quantitative estimate of drug-likeness (QED) is 0.552. The Morgan fingerprint density at radius 1 is 0.917 bits per heavy atom. The third-order valence-corrected chi connectivity index (χ3v) is 7.52. The van der Waals surface area contributed by atoms with Gasteiger partial charge in [0.25, 0.3) is 0 Å². The zero-order valence-corrected chi connectivity index (χ0v) is 10.2. The Labute approximate surface area is 78.6 Å². The lowest BCUT2D eigenvalue weighted by atomic mass is 10.6. The van der Waals surface area contributed by atoms with E-state index in [-0.39, 0.29) is 0 Å². The lowest BCUT2D eigenvalue weighted by Gasteiger charge is -2.29. The minimum atomic E-state index is -1.27. The van der Waals surface area contributed by atoms with Crippen LogP contribution in [0.1, 0.15) is 40.5 Å². The molecule has 0 aliphatic carbocycles. The van der Waals surface area contributed by atoms with Gasteiger partial charge in [-0.15, -0.1) is 0 Å². The van der Waals surface area contributed by atoms with Crippen molar-refractivity contribution in [3.8, 4) is 0 Å². The summed E-state index contributed by atoms with van der Waals surface area (Å²) in [5.74, 6) is 0. The molecule has 0 atom stereocenters. The predicted octanol–water partition coefficient (Wildman–Crippen LogP) is 3.81. The first-order valence-corrected chi connectivity index (χ1v) is 7.91. The molecule has 0 aromatic rings. The van der Waals surface area contributed by atoms with Crippen LogP contribution in [0.4, 0.5) is 0 Å². The van der Waals surface area contributed by atoms with Gasteiger partial charge in [-0.2, -0.15) is 0 Å². The molecule has 0 aromatic carbocycles. The summed E-state index contributed by atoms with van der Waals surface area (Å²) in [5, 5.41) is 0. The second kappa shape index (κ2) is 6.67. The maximum atomic E-state index is 6.00. The van der Waals surface area contributed by atoms with Gasteiger partial charge in [0.1, 0.15) is 0 Å². The molecule has 74 valence electrons. The van der Waals surface area contributed by atoms with Crippen molar-refractivity contribution in [3.63, 3.8) is 0 Å². The number of hydrogen-bond donors (Lipinski definition) is 0. The van der Waals surface area contributed by atoms with Crippen LogP contribution in [0, 0.1) is 0 Å². The number of hydrogen-bond acceptors (Lipinski definition) is 1. The van der Waals surface area contributed by atoms with Gasteiger partial charge < -0.3 is 4.43 Å². The molecule has 0 amide bonds. The Bertz CT molecular complexity index is 87.0. The van der Waals surface area contributed by atoms with Crippen molar-refractivity contribution < 1.29 is 4.43 Å². The van der Waals surface area contributed by atoms with E-state index < -0.39 is 8.32 Å². The first-order valence-electron chi connectivity index (χ1n) is 5.38. The van der Waals surface area contributed by atoms with E-state index in [1.54, 1.807) is 0 Å². The first-order chi connectivity index (χ1) is 5.74. The van der Waals surface area contributed by atoms with Crippen LogP contribution < -0.4 is 0 Å². The largest absolute Gasteiger partial charge is 0.417 e. The van der Waals surface area contributed by atoms with E-state index >= 15 is 0 Å². The molecular weight excluding hydrogens is 164 g/mol. The Kier molecular flexibility index (Phi) is 6.77. The van der Waals surface area contributed by atoms with E-state index in [0.717, 1.165) is 6.61 Å². The average Bonchev–Trinajstić information content (AvgIpc) is 2.06. The fourth-order valence-corrected chi connectivity index (χ4v) is 5.83. The van der Waals surface area contributed by atoms with Gasteiger partial charge in [-0.1, -0.05) is 33.6 Å². The molecular formula is C10H24OSi. The first kappa shape index (κ1) is 12.2. The fourth-order valence-electron chi connectivity index (χ4n) is 1.94. The highest BCUT2D eigenvalue weighted by Gasteiger charge is 2.29. The molecule has 12 heavy (non-hydrogen) atoms. The second-order valence-electron chi connectivity index (χ2n) is 3.47. The van der Waals surface area contributed by atoms with E-state index in [2.05, 4.69) is 27.7 Å². The lowest BCUT2D eigenvalue weighted by molar-refractivity contribution is 0.318. The predicted molar refractivity (Wildman–Crippen MR) is 58.1 cm³/mol. The summed E-state index contributed by atoms with van der Waals surface area (Å²) in [4.78, 5) is 0. The Morgan fingerprint density at radius 2 is 1.42 bits per heavy atom. The van der Waals surface area contributed by atoms with Crippen LogP contribution in [0.5, 0.6) is 0 Å². The van der Waals surface area contributed by atoms with Crippen molar-refractivity contribution in [1.29, 1.82) is 0 Å². The fraction of sp³-hybridized carbons (Fsp3) is 1.00. The van der Waals surface area contributed by atoms with Gasteiger partial charge >= 0.3 is 0 Å². The van der Waals surface area contributed by atoms with Gasteiger partial charge in [-0.3, -0.25) is 0 Å². The summed E-state index contributed by atoms with van der Waals surface area (Å²) in [6, 6.07) is 4.00. The minimum absolute atomic E-state index is 0.917. The standard InChI is InChI=1S/C10H24OSi/c1-5-9-12(8-4,10-6-2)11-7-3/h5-10H2,1-4H3. The van der Waals surface area contributed by atoms with Crippen molar-refractivity contribution >= 4 is 8.32 Å². The summed E-state index contributed by atoms with van der Waals surface area (Å²) in [5.41, 5.74) is 0. The minimum Gasteiger partial charge on any atom is -0.417 e. The summed E-state index contributed by atoms with van der Waals surface area (Å²) in [6.07, 6.45) is 2.58. The SMILES string of the molecule is CCC[Si](CC)(CCC)OCC. The molecule has 0 rings (SSSR count). The topological polar surface area (TPSA) is 9.23 Å². The Balaban J connectivity index is 4.06. The highest BCUT2D eigenvalue weighted by atomic mass is 28.4. The molecule has 0 N–H and O–H groups in total. The third-order valence-electron chi connectivity index (χ3n) is 2.51. The van der Waals surface area contributed by atoms with Gasteiger partial charge in [-0.25, -0.2) is 0 Å². The van der Waals surface area contributed by atoms with E-state index in [4.69, 9.17) is 4.43 Å². The molecule has 0 bridgehead atoms. The summed E-state index contributed by atoms with van der Waals surface area (Å²) in [7, 11) is -1.27. The molecule has 0 spiro atoms. The maximum absolute atomic E-state index is 6.00. The van der Waals surface area contributed by atoms with Crippen LogP contribution in [0.3, 0.4) is 0 Å². The van der Waals surface area contributed by atoms with E-state index in [1.165, 1.54) is 31.0 Å². The zero-order valence-electron chi connectivity index (χ0n) is 9.15. The lowest BCUT2D eigenvalue weighted by Crippen LogP contribution is -2.36. The third kappa shape index (κ3) is 3.72. The van der Waals surface area contributed by atoms with Gasteiger partial charge in [0.05, 0.1) is 0 Å². The summed E-state index contributed by atoms with van der Waals surface area (Å²) in [6.45, 7) is 9.88. The molecule has 0 saturated heterocycles. The van der Waals surface area contributed by atoms with Crippen LogP contribution in [0.25, 0.3) is 0 Å². The average molecular weight is 188 g/mol. The Morgan fingerprint density at radius 3 is 1.67 bits per heavy atom. The van der Waals surface area contributed by atoms with Crippen molar-refractivity contribution in [2.24, 2.45) is 0 Å². The molecule has 2 heteroatoms. The van der Waals surface area contributed by atoms with Crippen LogP contribution in [-0.2, 0) is 4.43 Å². The van der Waals surface area contributed by atoms with E-state index in [1.807, 2.05) is 0 Å². The molecule has 0 unspecified atom stereocenters. The molecule has 0 radical (unpaired) electrons. The molecule has 1 nitrogen and oxygen atoms in total. The second-order valence-corrected chi connectivity index (χ2v) is 7.83. The van der Waals surface area contributed by atoms with Crippen molar-refractivity contribution in [1.82, 2.24) is 0 Å². The highest BCUT2D eigenvalue weighted by molar-refractivity contribution is 6.73. The van der Waals surface area contributed by atoms with Crippen molar-refractivity contribution in [3.05, 3.63) is 0 Å². The van der Waals surface area contributed by atoms with Crippen LogP contribution >= 0.6 is 0 Å². The number of rotatable bonds is 7. The van der Waals surface area contributed by atoms with Crippen LogP contribution in [-0.4, -0.2) is 14.9 Å². The monoisotopic (exact) mass is 188 g/mol. The van der Waals surface area contributed by atoms with E-state index in [9.17, 15) is 0 Å². The van der Waals surface area contributed by atoms with Gasteiger partial charge in [0.15, 0.2) is 8.32 Å². The van der Waals surface area contributed by atoms with Gasteiger partial charge in [-0.05, 0) is 25.1 Å². The van der Waals surface area contributed by atoms with Crippen LogP contribution in [0.15, 0.2) is 0 Å². The molecule has 0 saturated carbocycles. The molecule has 0 heterocycles. The smallest absolute Gasteiger partial charge is 0.192 e. The van der Waals surface area contributed by atoms with Crippen molar-refractivity contribution in [2.45, 2.75) is 58.7 Å². The molecule has 0 fully saturated rings. The summed E-state index contributed by atoms with van der Waals surface area (Å²) < 4.78 is 6.00. The van der Waals surface area contributed by atoms with Crippen molar-refractivity contribution in [2.75, 3.05) is 6.61 Å². The summed E-state index contributed by atoms with van der Waals surface area (Å²) >= 11 is 0. The normalized spacial score (nSPS) is 12.0. The molecule has 0 aliphatic heterocycles. The zero-order chi connectivity index (χ0) is 9.45. The van der Waals surface area contributed by atoms with Gasteiger partial charge in [0, 0.05) is 6.61 Å². The van der Waals surface area contributed by atoms with Crippen LogP contribution in [0.2, 0.25) is 18.1 Å². The molecule has 0 aliphatic rings. The highest BCUT2D eigenvalue weighted by Crippen LogP contribution is 2.25. The maximum Gasteiger partial charge on any atom is 0.192 e. The Hall–Kier alpha value is 0.177.